The zero-order valence-corrected chi connectivity index (χ0v) is 17.8. The van der Waals surface area contributed by atoms with Gasteiger partial charge in [0.1, 0.15) is 0 Å². The smallest absolute Gasteiger partial charge is 0.250 e. The van der Waals surface area contributed by atoms with Crippen molar-refractivity contribution in [2.75, 3.05) is 59.0 Å². The largest absolute Gasteiger partial charge is 0.379 e. The van der Waals surface area contributed by atoms with Gasteiger partial charge in [0.05, 0.1) is 18.6 Å². The van der Waals surface area contributed by atoms with Crippen LogP contribution in [0.4, 0.5) is 0 Å². The molecule has 3 aliphatic heterocycles. The van der Waals surface area contributed by atoms with E-state index in [9.17, 15) is 14.4 Å². The third kappa shape index (κ3) is 4.30. The van der Waals surface area contributed by atoms with E-state index in [0.29, 0.717) is 19.6 Å². The van der Waals surface area contributed by atoms with E-state index >= 15 is 0 Å². The molecule has 2 amide bonds. The summed E-state index contributed by atoms with van der Waals surface area (Å²) in [7, 11) is 0. The van der Waals surface area contributed by atoms with E-state index < -0.39 is 5.41 Å². The predicted molar refractivity (Wildman–Crippen MR) is 112 cm³/mol. The number of likely N-dealkylation sites (tertiary alicyclic amines) is 2. The lowest BCUT2D eigenvalue weighted by Crippen LogP contribution is -2.44. The molecule has 0 aromatic carbocycles. The summed E-state index contributed by atoms with van der Waals surface area (Å²) in [4.78, 5) is 44.1. The number of hydrogen-bond donors (Lipinski definition) is 0. The summed E-state index contributed by atoms with van der Waals surface area (Å²) in [5, 5.41) is 0. The van der Waals surface area contributed by atoms with Crippen LogP contribution < -0.4 is 5.56 Å². The van der Waals surface area contributed by atoms with Crippen molar-refractivity contribution in [3.8, 4) is 0 Å². The minimum atomic E-state index is -0.403. The number of carbonyl (C=O) groups excluding carboxylic acids is 2. The lowest BCUT2D eigenvalue weighted by atomic mass is 9.85. The molecule has 8 nitrogen and oxygen atoms in total. The van der Waals surface area contributed by atoms with Gasteiger partial charge in [0.15, 0.2) is 0 Å². The van der Waals surface area contributed by atoms with Crippen molar-refractivity contribution in [1.82, 2.24) is 19.3 Å². The lowest BCUT2D eigenvalue weighted by Gasteiger charge is -2.29. The molecule has 3 fully saturated rings. The summed E-state index contributed by atoms with van der Waals surface area (Å²) in [6.07, 6.45) is 1.86. The number of hydrogen-bond acceptors (Lipinski definition) is 5. The van der Waals surface area contributed by atoms with Crippen LogP contribution in [0.5, 0.6) is 0 Å². The van der Waals surface area contributed by atoms with Gasteiger partial charge in [0, 0.05) is 70.5 Å². The van der Waals surface area contributed by atoms with Gasteiger partial charge >= 0.3 is 0 Å². The number of ether oxygens (including phenoxy) is 1. The molecule has 3 saturated heterocycles. The van der Waals surface area contributed by atoms with Crippen LogP contribution in [0, 0.1) is 12.3 Å². The summed E-state index contributed by atoms with van der Waals surface area (Å²) >= 11 is 0. The molecule has 4 heterocycles. The molecule has 0 saturated carbocycles. The van der Waals surface area contributed by atoms with Gasteiger partial charge in [-0.05, 0) is 25.8 Å². The number of rotatable bonds is 6. The van der Waals surface area contributed by atoms with Gasteiger partial charge < -0.3 is 19.1 Å². The van der Waals surface area contributed by atoms with E-state index in [0.717, 1.165) is 64.5 Å². The quantitative estimate of drug-likeness (QED) is 0.668. The van der Waals surface area contributed by atoms with Crippen LogP contribution in [-0.2, 0) is 20.9 Å². The SMILES string of the molecule is Cc1cccc(=O)n1CCC(=O)N1CCC2(CCN(CCN3CCOCC3)C2=O)C1. The van der Waals surface area contributed by atoms with Crippen molar-refractivity contribution in [3.63, 3.8) is 0 Å². The topological polar surface area (TPSA) is 75.1 Å². The van der Waals surface area contributed by atoms with Crippen molar-refractivity contribution in [1.29, 1.82) is 0 Å². The van der Waals surface area contributed by atoms with Crippen LogP contribution in [0.3, 0.4) is 0 Å². The second-order valence-corrected chi connectivity index (χ2v) is 8.75. The van der Waals surface area contributed by atoms with Gasteiger partial charge in [-0.2, -0.15) is 0 Å². The second-order valence-electron chi connectivity index (χ2n) is 8.75. The molecule has 1 aromatic heterocycles. The average Bonchev–Trinajstić information content (AvgIpc) is 3.32. The van der Waals surface area contributed by atoms with Crippen LogP contribution in [0.25, 0.3) is 0 Å². The summed E-state index contributed by atoms with van der Waals surface area (Å²) in [5.74, 6) is 0.239. The van der Waals surface area contributed by atoms with Crippen molar-refractivity contribution in [3.05, 3.63) is 34.2 Å². The Kier molecular flexibility index (Phi) is 6.24. The fourth-order valence-corrected chi connectivity index (χ4v) is 4.93. The van der Waals surface area contributed by atoms with Crippen molar-refractivity contribution in [2.24, 2.45) is 5.41 Å². The highest BCUT2D eigenvalue weighted by atomic mass is 16.5. The van der Waals surface area contributed by atoms with Crippen LogP contribution in [-0.4, -0.2) is 90.1 Å². The monoisotopic (exact) mass is 416 g/mol. The van der Waals surface area contributed by atoms with E-state index in [1.54, 1.807) is 10.6 Å². The minimum absolute atomic E-state index is 0.0293. The van der Waals surface area contributed by atoms with Crippen LogP contribution >= 0.6 is 0 Å². The van der Waals surface area contributed by atoms with Crippen LogP contribution in [0.2, 0.25) is 0 Å². The normalized spacial score (nSPS) is 24.9. The number of nitrogens with zero attached hydrogens (tertiary/aromatic N) is 4. The van der Waals surface area contributed by atoms with Crippen LogP contribution in [0.1, 0.15) is 25.0 Å². The predicted octanol–water partition coefficient (Wildman–Crippen LogP) is 0.330. The molecule has 1 aromatic rings. The van der Waals surface area contributed by atoms with Gasteiger partial charge in [-0.15, -0.1) is 0 Å². The third-order valence-corrected chi connectivity index (χ3v) is 6.91. The van der Waals surface area contributed by atoms with E-state index in [4.69, 9.17) is 4.74 Å². The first-order valence-electron chi connectivity index (χ1n) is 11.0. The molecule has 4 rings (SSSR count). The highest BCUT2D eigenvalue weighted by Crippen LogP contribution is 2.40. The number of pyridine rings is 1. The zero-order chi connectivity index (χ0) is 21.1. The Hall–Kier alpha value is -2.19. The Morgan fingerprint density at radius 2 is 1.80 bits per heavy atom. The summed E-state index contributed by atoms with van der Waals surface area (Å²) in [5.41, 5.74) is 0.373. The summed E-state index contributed by atoms with van der Waals surface area (Å²) < 4.78 is 7.02. The molecular formula is C22H32N4O4. The van der Waals surface area contributed by atoms with Crippen molar-refractivity contribution in [2.45, 2.75) is 32.7 Å². The van der Waals surface area contributed by atoms with E-state index in [-0.39, 0.29) is 23.8 Å². The number of aromatic nitrogens is 1. The molecule has 1 spiro atoms. The van der Waals surface area contributed by atoms with Gasteiger partial charge in [0.2, 0.25) is 11.8 Å². The molecule has 0 bridgehead atoms. The third-order valence-electron chi connectivity index (χ3n) is 6.91. The van der Waals surface area contributed by atoms with Crippen molar-refractivity contribution >= 4 is 11.8 Å². The first-order chi connectivity index (χ1) is 14.5. The molecular weight excluding hydrogens is 384 g/mol. The Balaban J connectivity index is 1.29. The van der Waals surface area contributed by atoms with Gasteiger partial charge in [-0.1, -0.05) is 6.07 Å². The minimum Gasteiger partial charge on any atom is -0.379 e. The summed E-state index contributed by atoms with van der Waals surface area (Å²) in [6.45, 7) is 9.22. The zero-order valence-electron chi connectivity index (χ0n) is 17.8. The first-order valence-corrected chi connectivity index (χ1v) is 11.0. The van der Waals surface area contributed by atoms with E-state index in [1.165, 1.54) is 6.07 Å². The average molecular weight is 417 g/mol. The molecule has 30 heavy (non-hydrogen) atoms. The van der Waals surface area contributed by atoms with Gasteiger partial charge in [0.25, 0.3) is 5.56 Å². The number of carbonyl (C=O) groups is 2. The highest BCUT2D eigenvalue weighted by molar-refractivity contribution is 5.87. The Morgan fingerprint density at radius 1 is 1.03 bits per heavy atom. The molecule has 8 heteroatoms. The molecule has 0 N–H and O–H groups in total. The van der Waals surface area contributed by atoms with Crippen LogP contribution in [0.15, 0.2) is 23.0 Å². The Bertz CT molecular complexity index is 848. The standard InChI is InChI=1S/C22H32N4O4/c1-18-3-2-4-20(28)26(18)8-5-19(27)25-10-7-22(17-25)6-9-24(21(22)29)12-11-23-13-15-30-16-14-23/h2-4H,5-17H2,1H3. The maximum absolute atomic E-state index is 13.1. The molecule has 164 valence electrons. The summed E-state index contributed by atoms with van der Waals surface area (Å²) in [6, 6.07) is 5.13. The van der Waals surface area contributed by atoms with E-state index in [2.05, 4.69) is 4.90 Å². The molecule has 1 unspecified atom stereocenters. The fraction of sp³-hybridized carbons (Fsp3) is 0.682. The first kappa shape index (κ1) is 21.1. The number of morpholine rings is 1. The maximum atomic E-state index is 13.1. The molecule has 1 atom stereocenters. The Labute approximate surface area is 177 Å². The number of amides is 2. The molecule has 0 radical (unpaired) electrons. The fourth-order valence-electron chi connectivity index (χ4n) is 4.93. The lowest BCUT2D eigenvalue weighted by molar-refractivity contribution is -0.136. The van der Waals surface area contributed by atoms with Crippen molar-refractivity contribution < 1.29 is 14.3 Å². The van der Waals surface area contributed by atoms with Gasteiger partial charge in [-0.25, -0.2) is 0 Å². The molecule has 3 aliphatic rings. The maximum Gasteiger partial charge on any atom is 0.250 e. The molecule has 0 aliphatic carbocycles. The Morgan fingerprint density at radius 3 is 2.57 bits per heavy atom. The second kappa shape index (κ2) is 8.89. The highest BCUT2D eigenvalue weighted by Gasteiger charge is 2.51. The van der Waals surface area contributed by atoms with E-state index in [1.807, 2.05) is 22.8 Å². The van der Waals surface area contributed by atoms with Gasteiger partial charge in [-0.3, -0.25) is 19.3 Å². The number of aryl methyl sites for hydroxylation is 1.